The van der Waals surface area contributed by atoms with Gasteiger partial charge < -0.3 is 19.7 Å². The van der Waals surface area contributed by atoms with Gasteiger partial charge in [0.25, 0.3) is 5.91 Å². The number of piperidine rings is 1. The Morgan fingerprint density at radius 3 is 2.29 bits per heavy atom. The van der Waals surface area contributed by atoms with Gasteiger partial charge in [-0.05, 0) is 63.4 Å². The molecule has 1 saturated heterocycles. The van der Waals surface area contributed by atoms with Crippen LogP contribution in [0, 0.1) is 6.92 Å². The van der Waals surface area contributed by atoms with Crippen molar-refractivity contribution in [2.24, 2.45) is 0 Å². The summed E-state index contributed by atoms with van der Waals surface area (Å²) >= 11 is 0. The molecule has 0 spiro atoms. The first kappa shape index (κ1) is 21.2. The van der Waals surface area contributed by atoms with E-state index in [1.165, 1.54) is 0 Å². The van der Waals surface area contributed by atoms with Gasteiger partial charge in [-0.25, -0.2) is 0 Å². The molecule has 4 rings (SSSR count). The Kier molecular flexibility index (Phi) is 5.90. The van der Waals surface area contributed by atoms with E-state index in [2.05, 4.69) is 5.32 Å². The van der Waals surface area contributed by atoms with Crippen LogP contribution in [0.1, 0.15) is 48.2 Å². The molecule has 0 aliphatic carbocycles. The number of carbonyl (C=O) groups excluding carboxylic acids is 2. The highest BCUT2D eigenvalue weighted by Crippen LogP contribution is 2.35. The minimum atomic E-state index is -0.704. The van der Waals surface area contributed by atoms with Crippen molar-refractivity contribution < 1.29 is 19.1 Å². The van der Waals surface area contributed by atoms with Crippen LogP contribution in [0.2, 0.25) is 0 Å². The van der Waals surface area contributed by atoms with E-state index in [0.717, 1.165) is 29.7 Å². The lowest BCUT2D eigenvalue weighted by molar-refractivity contribution is -0.126. The number of hydrogen-bond donors (Lipinski definition) is 1. The summed E-state index contributed by atoms with van der Waals surface area (Å²) in [7, 11) is 0. The molecule has 2 aliphatic heterocycles. The molecular formula is C25H30N2O4. The smallest absolute Gasteiger partial charge is 0.253 e. The molecule has 6 heteroatoms. The summed E-state index contributed by atoms with van der Waals surface area (Å²) in [4.78, 5) is 27.7. The number of nitrogens with zero attached hydrogens (tertiary/aromatic N) is 1. The summed E-state index contributed by atoms with van der Waals surface area (Å²) < 4.78 is 11.3. The molecule has 0 aromatic heterocycles. The lowest BCUT2D eigenvalue weighted by Crippen LogP contribution is -2.50. The van der Waals surface area contributed by atoms with E-state index in [0.29, 0.717) is 37.6 Å². The zero-order valence-corrected chi connectivity index (χ0v) is 18.4. The zero-order chi connectivity index (χ0) is 22.0. The summed E-state index contributed by atoms with van der Waals surface area (Å²) in [5, 5.41) is 3.20. The quantitative estimate of drug-likeness (QED) is 0.819. The fourth-order valence-electron chi connectivity index (χ4n) is 4.03. The molecule has 0 atom stereocenters. The second-order valence-electron chi connectivity index (χ2n) is 8.89. The van der Waals surface area contributed by atoms with E-state index >= 15 is 0 Å². The molecule has 2 aromatic rings. The summed E-state index contributed by atoms with van der Waals surface area (Å²) in [6, 6.07) is 13.4. The fourth-order valence-corrected chi connectivity index (χ4v) is 4.03. The zero-order valence-electron chi connectivity index (χ0n) is 18.4. The summed E-state index contributed by atoms with van der Waals surface area (Å²) in [5.41, 5.74) is 2.04. The van der Waals surface area contributed by atoms with Gasteiger partial charge in [0, 0.05) is 24.7 Å². The molecule has 31 heavy (non-hydrogen) atoms. The van der Waals surface area contributed by atoms with Crippen molar-refractivity contribution in [2.75, 3.05) is 26.3 Å². The van der Waals surface area contributed by atoms with Crippen LogP contribution in [0.5, 0.6) is 11.5 Å². The van der Waals surface area contributed by atoms with Crippen molar-refractivity contribution in [1.82, 2.24) is 10.2 Å². The SMILES string of the molecule is Cc1ccc(C(=O)N2CCC(NC(=O)C(C)(C)c3ccc4c(c3)OCCO4)CC2)cc1. The number of benzene rings is 2. The molecule has 2 aromatic carbocycles. The predicted octanol–water partition coefficient (Wildman–Crippen LogP) is 3.46. The highest BCUT2D eigenvalue weighted by Gasteiger charge is 2.34. The lowest BCUT2D eigenvalue weighted by Gasteiger charge is -2.34. The van der Waals surface area contributed by atoms with Gasteiger partial charge in [0.05, 0.1) is 5.41 Å². The average molecular weight is 423 g/mol. The maximum absolute atomic E-state index is 13.1. The maximum atomic E-state index is 13.1. The van der Waals surface area contributed by atoms with Gasteiger partial charge >= 0.3 is 0 Å². The second-order valence-corrected chi connectivity index (χ2v) is 8.89. The van der Waals surface area contributed by atoms with Crippen molar-refractivity contribution >= 4 is 11.8 Å². The van der Waals surface area contributed by atoms with E-state index in [1.54, 1.807) is 0 Å². The molecule has 2 heterocycles. The number of carbonyl (C=O) groups is 2. The molecule has 0 radical (unpaired) electrons. The van der Waals surface area contributed by atoms with Gasteiger partial charge in [0.15, 0.2) is 11.5 Å². The maximum Gasteiger partial charge on any atom is 0.253 e. The fraction of sp³-hybridized carbons (Fsp3) is 0.440. The first-order chi connectivity index (χ1) is 14.8. The van der Waals surface area contributed by atoms with Crippen molar-refractivity contribution in [2.45, 2.75) is 45.1 Å². The number of amides is 2. The molecule has 164 valence electrons. The highest BCUT2D eigenvalue weighted by atomic mass is 16.6. The molecule has 6 nitrogen and oxygen atoms in total. The van der Waals surface area contributed by atoms with Gasteiger partial charge in [-0.3, -0.25) is 9.59 Å². The normalized spacial score (nSPS) is 16.7. The predicted molar refractivity (Wildman–Crippen MR) is 119 cm³/mol. The number of fused-ring (bicyclic) bond motifs is 1. The van der Waals surface area contributed by atoms with Crippen LogP contribution in [-0.4, -0.2) is 49.1 Å². The lowest BCUT2D eigenvalue weighted by atomic mass is 9.83. The van der Waals surface area contributed by atoms with Crippen molar-refractivity contribution in [3.63, 3.8) is 0 Å². The number of likely N-dealkylation sites (tertiary alicyclic amines) is 1. The third-order valence-electron chi connectivity index (χ3n) is 6.25. The molecule has 2 amide bonds. The monoisotopic (exact) mass is 422 g/mol. The van der Waals surface area contributed by atoms with Crippen LogP contribution < -0.4 is 14.8 Å². The second kappa shape index (κ2) is 8.61. The summed E-state index contributed by atoms with van der Waals surface area (Å²) in [5.74, 6) is 1.44. The number of nitrogens with one attached hydrogen (secondary N) is 1. The van der Waals surface area contributed by atoms with Crippen molar-refractivity contribution in [3.05, 3.63) is 59.2 Å². The largest absolute Gasteiger partial charge is 0.486 e. The molecule has 1 N–H and O–H groups in total. The van der Waals surface area contributed by atoms with Gasteiger partial charge in [0.2, 0.25) is 5.91 Å². The van der Waals surface area contributed by atoms with E-state index in [-0.39, 0.29) is 17.9 Å². The summed E-state index contributed by atoms with van der Waals surface area (Å²) in [6.07, 6.45) is 1.50. The van der Waals surface area contributed by atoms with Crippen molar-refractivity contribution in [3.8, 4) is 11.5 Å². The minimum Gasteiger partial charge on any atom is -0.486 e. The third-order valence-corrected chi connectivity index (χ3v) is 6.25. The van der Waals surface area contributed by atoms with Crippen LogP contribution in [-0.2, 0) is 10.2 Å². The molecule has 0 bridgehead atoms. The van der Waals surface area contributed by atoms with E-state index < -0.39 is 5.41 Å². The van der Waals surface area contributed by atoms with E-state index in [9.17, 15) is 9.59 Å². The number of hydrogen-bond acceptors (Lipinski definition) is 4. The van der Waals surface area contributed by atoms with Crippen LogP contribution >= 0.6 is 0 Å². The Balaban J connectivity index is 1.35. The van der Waals surface area contributed by atoms with E-state index in [1.807, 2.05) is 68.1 Å². The Morgan fingerprint density at radius 1 is 0.968 bits per heavy atom. The van der Waals surface area contributed by atoms with Gasteiger partial charge in [-0.2, -0.15) is 0 Å². The molecular weight excluding hydrogens is 392 g/mol. The number of ether oxygens (including phenoxy) is 2. The number of aryl methyl sites for hydroxylation is 1. The Bertz CT molecular complexity index is 960. The standard InChI is InChI=1S/C25H30N2O4/c1-17-4-6-18(7-5-17)23(28)27-12-10-20(11-13-27)26-24(29)25(2,3)19-8-9-21-22(16-19)31-15-14-30-21/h4-9,16,20H,10-15H2,1-3H3,(H,26,29). The summed E-state index contributed by atoms with van der Waals surface area (Å²) in [6.45, 7) is 8.19. The molecule has 1 fully saturated rings. The van der Waals surface area contributed by atoms with Crippen LogP contribution in [0.4, 0.5) is 0 Å². The first-order valence-electron chi connectivity index (χ1n) is 10.9. The average Bonchev–Trinajstić information content (AvgIpc) is 2.79. The molecule has 0 saturated carbocycles. The van der Waals surface area contributed by atoms with Gasteiger partial charge in [-0.15, -0.1) is 0 Å². The van der Waals surface area contributed by atoms with Gasteiger partial charge in [-0.1, -0.05) is 23.8 Å². The Morgan fingerprint density at radius 2 is 1.61 bits per heavy atom. The topological polar surface area (TPSA) is 67.9 Å². The van der Waals surface area contributed by atoms with Crippen molar-refractivity contribution in [1.29, 1.82) is 0 Å². The Labute approximate surface area is 183 Å². The van der Waals surface area contributed by atoms with E-state index in [4.69, 9.17) is 9.47 Å². The number of rotatable bonds is 4. The van der Waals surface area contributed by atoms with Gasteiger partial charge in [0.1, 0.15) is 13.2 Å². The minimum absolute atomic E-state index is 0.0208. The highest BCUT2D eigenvalue weighted by molar-refractivity contribution is 5.94. The molecule has 2 aliphatic rings. The van der Waals surface area contributed by atoms with Crippen LogP contribution in [0.3, 0.4) is 0 Å². The third kappa shape index (κ3) is 4.53. The van der Waals surface area contributed by atoms with Crippen LogP contribution in [0.25, 0.3) is 0 Å². The first-order valence-corrected chi connectivity index (χ1v) is 10.9. The molecule has 0 unspecified atom stereocenters. The van der Waals surface area contributed by atoms with Crippen LogP contribution in [0.15, 0.2) is 42.5 Å². The Hall–Kier alpha value is -3.02.